The van der Waals surface area contributed by atoms with Gasteiger partial charge in [-0.3, -0.25) is 4.79 Å². The maximum atomic E-state index is 12.1. The predicted octanol–water partition coefficient (Wildman–Crippen LogP) is 1.97. The smallest absolute Gasteiger partial charge is 0.211 e. The lowest BCUT2D eigenvalue weighted by Crippen LogP contribution is -2.39. The van der Waals surface area contributed by atoms with Gasteiger partial charge in [0.2, 0.25) is 10.0 Å². The highest BCUT2D eigenvalue weighted by atomic mass is 32.2. The maximum absolute atomic E-state index is 12.1. The fraction of sp³-hybridized carbons (Fsp3) is 0.933. The van der Waals surface area contributed by atoms with Crippen LogP contribution in [0.1, 0.15) is 51.4 Å². The second kappa shape index (κ2) is 7.70. The molecule has 0 aromatic rings. The van der Waals surface area contributed by atoms with Crippen LogP contribution in [0, 0.1) is 5.92 Å². The summed E-state index contributed by atoms with van der Waals surface area (Å²) in [6.45, 7) is 1.93. The van der Waals surface area contributed by atoms with Crippen molar-refractivity contribution in [1.82, 2.24) is 4.31 Å². The van der Waals surface area contributed by atoms with Gasteiger partial charge in [0, 0.05) is 32.5 Å². The van der Waals surface area contributed by atoms with E-state index < -0.39 is 10.0 Å². The molecule has 2 atom stereocenters. The van der Waals surface area contributed by atoms with E-state index >= 15 is 0 Å². The largest absolute Gasteiger partial charge is 0.378 e. The molecule has 0 spiro atoms. The van der Waals surface area contributed by atoms with Crippen LogP contribution in [-0.2, 0) is 19.6 Å². The number of hydrogen-bond acceptors (Lipinski definition) is 4. The molecule has 0 radical (unpaired) electrons. The average molecular weight is 317 g/mol. The number of rotatable bonds is 6. The zero-order chi connectivity index (χ0) is 15.3. The van der Waals surface area contributed by atoms with Crippen molar-refractivity contribution in [3.63, 3.8) is 0 Å². The summed E-state index contributed by atoms with van der Waals surface area (Å²) in [6.07, 6.45) is 8.62. The number of carbonyl (C=O) groups excluding carboxylic acids is 1. The Bertz CT molecular complexity index is 443. The molecule has 0 saturated carbocycles. The van der Waals surface area contributed by atoms with Crippen LogP contribution in [0.2, 0.25) is 0 Å². The summed E-state index contributed by atoms with van der Waals surface area (Å²) in [7, 11) is -3.12. The van der Waals surface area contributed by atoms with Crippen molar-refractivity contribution in [2.75, 3.05) is 26.0 Å². The van der Waals surface area contributed by atoms with Gasteiger partial charge in [0.15, 0.2) is 0 Å². The van der Waals surface area contributed by atoms with E-state index in [9.17, 15) is 13.2 Å². The summed E-state index contributed by atoms with van der Waals surface area (Å²) in [5.41, 5.74) is 0. The Labute approximate surface area is 128 Å². The Hall–Kier alpha value is -0.460. The zero-order valence-corrected chi connectivity index (χ0v) is 13.7. The molecule has 2 heterocycles. The number of hydrogen-bond donors (Lipinski definition) is 0. The Morgan fingerprint density at radius 2 is 2.05 bits per heavy atom. The lowest BCUT2D eigenvalue weighted by atomic mass is 9.92. The van der Waals surface area contributed by atoms with Crippen LogP contribution in [0.3, 0.4) is 0 Å². The number of ether oxygens (including phenoxy) is 1. The van der Waals surface area contributed by atoms with Gasteiger partial charge in [-0.1, -0.05) is 0 Å². The highest BCUT2D eigenvalue weighted by Crippen LogP contribution is 2.23. The summed E-state index contributed by atoms with van der Waals surface area (Å²) in [6, 6.07) is 0. The van der Waals surface area contributed by atoms with Gasteiger partial charge in [0.25, 0.3) is 0 Å². The molecule has 0 N–H and O–H groups in total. The molecule has 2 aliphatic heterocycles. The number of sulfonamides is 1. The van der Waals surface area contributed by atoms with Gasteiger partial charge in [-0.05, 0) is 44.4 Å². The van der Waals surface area contributed by atoms with E-state index in [0.717, 1.165) is 38.7 Å². The molecule has 0 amide bonds. The molecule has 21 heavy (non-hydrogen) atoms. The molecule has 2 fully saturated rings. The number of piperidine rings is 1. The van der Waals surface area contributed by atoms with Crippen molar-refractivity contribution < 1.29 is 17.9 Å². The van der Waals surface area contributed by atoms with E-state index in [-0.39, 0.29) is 17.8 Å². The normalized spacial score (nSPS) is 28.4. The van der Waals surface area contributed by atoms with Gasteiger partial charge in [0.05, 0.1) is 12.4 Å². The molecule has 0 bridgehead atoms. The van der Waals surface area contributed by atoms with Crippen LogP contribution in [0.15, 0.2) is 0 Å². The van der Waals surface area contributed by atoms with Gasteiger partial charge >= 0.3 is 0 Å². The van der Waals surface area contributed by atoms with E-state index in [0.29, 0.717) is 25.9 Å². The third kappa shape index (κ3) is 5.68. The second-order valence-electron chi connectivity index (χ2n) is 6.40. The van der Waals surface area contributed by atoms with Gasteiger partial charge in [-0.2, -0.15) is 0 Å². The van der Waals surface area contributed by atoms with Crippen LogP contribution < -0.4 is 0 Å². The van der Waals surface area contributed by atoms with Gasteiger partial charge < -0.3 is 4.74 Å². The number of ketones is 1. The highest BCUT2D eigenvalue weighted by Gasteiger charge is 2.27. The van der Waals surface area contributed by atoms with Crippen molar-refractivity contribution in [2.45, 2.75) is 57.5 Å². The molecule has 2 unspecified atom stereocenters. The van der Waals surface area contributed by atoms with Crippen LogP contribution in [0.4, 0.5) is 0 Å². The molecule has 122 valence electrons. The van der Waals surface area contributed by atoms with E-state index in [4.69, 9.17) is 4.74 Å². The van der Waals surface area contributed by atoms with E-state index in [1.54, 1.807) is 0 Å². The third-order valence-corrected chi connectivity index (χ3v) is 5.76. The predicted molar refractivity (Wildman–Crippen MR) is 81.6 cm³/mol. The first-order valence-electron chi connectivity index (χ1n) is 8.03. The first-order valence-corrected chi connectivity index (χ1v) is 9.88. The summed E-state index contributed by atoms with van der Waals surface area (Å²) < 4.78 is 30.3. The minimum absolute atomic E-state index is 0.188. The van der Waals surface area contributed by atoms with Gasteiger partial charge in [-0.25, -0.2) is 12.7 Å². The molecule has 2 saturated heterocycles. The minimum atomic E-state index is -3.12. The van der Waals surface area contributed by atoms with E-state index in [1.807, 2.05) is 0 Å². The van der Waals surface area contributed by atoms with E-state index in [1.165, 1.54) is 17.0 Å². The van der Waals surface area contributed by atoms with Crippen molar-refractivity contribution in [3.8, 4) is 0 Å². The topological polar surface area (TPSA) is 63.7 Å². The molecule has 6 heteroatoms. The summed E-state index contributed by atoms with van der Waals surface area (Å²) in [5, 5.41) is 0. The first kappa shape index (κ1) is 16.9. The Balaban J connectivity index is 1.71. The number of carbonyl (C=O) groups is 1. The zero-order valence-electron chi connectivity index (χ0n) is 12.9. The lowest BCUT2D eigenvalue weighted by molar-refractivity contribution is -0.121. The van der Waals surface area contributed by atoms with Crippen LogP contribution >= 0.6 is 0 Å². The Kier molecular flexibility index (Phi) is 6.20. The lowest BCUT2D eigenvalue weighted by Gasteiger charge is -2.30. The van der Waals surface area contributed by atoms with Crippen molar-refractivity contribution >= 4 is 15.8 Å². The van der Waals surface area contributed by atoms with Crippen molar-refractivity contribution in [3.05, 3.63) is 0 Å². The summed E-state index contributed by atoms with van der Waals surface area (Å²) >= 11 is 0. The standard InChI is InChI=1S/C15H27NO4S/c1-21(18,19)16-9-4-5-13(12-16)11-14(17)7-8-15-6-2-3-10-20-15/h13,15H,2-12H2,1H3. The molecule has 2 aliphatic rings. The summed E-state index contributed by atoms with van der Waals surface area (Å²) in [4.78, 5) is 12.1. The van der Waals surface area contributed by atoms with Crippen molar-refractivity contribution in [1.29, 1.82) is 0 Å². The van der Waals surface area contributed by atoms with Gasteiger partial charge in [-0.15, -0.1) is 0 Å². The molecule has 2 rings (SSSR count). The fourth-order valence-electron chi connectivity index (χ4n) is 3.28. The number of nitrogens with zero attached hydrogens (tertiary/aromatic N) is 1. The monoisotopic (exact) mass is 317 g/mol. The maximum Gasteiger partial charge on any atom is 0.211 e. The first-order chi connectivity index (χ1) is 9.95. The van der Waals surface area contributed by atoms with Crippen LogP contribution in [0.5, 0.6) is 0 Å². The van der Waals surface area contributed by atoms with E-state index in [2.05, 4.69) is 0 Å². The van der Waals surface area contributed by atoms with Crippen molar-refractivity contribution in [2.24, 2.45) is 5.92 Å². The molecule has 0 aromatic carbocycles. The number of Topliss-reactive ketones (excluding diaryl/α,β-unsaturated/α-hetero) is 1. The van der Waals surface area contributed by atoms with Gasteiger partial charge in [0.1, 0.15) is 5.78 Å². The van der Waals surface area contributed by atoms with Crippen LogP contribution in [0.25, 0.3) is 0 Å². The quantitative estimate of drug-likeness (QED) is 0.751. The molecular weight excluding hydrogens is 290 g/mol. The average Bonchev–Trinajstić information content (AvgIpc) is 2.46. The molecule has 0 aliphatic carbocycles. The molecule has 0 aromatic heterocycles. The second-order valence-corrected chi connectivity index (χ2v) is 8.38. The Morgan fingerprint density at radius 3 is 2.71 bits per heavy atom. The minimum Gasteiger partial charge on any atom is -0.378 e. The third-order valence-electron chi connectivity index (χ3n) is 4.49. The molecular formula is C15H27NO4S. The molecule has 5 nitrogen and oxygen atoms in total. The fourth-order valence-corrected chi connectivity index (χ4v) is 4.22. The van der Waals surface area contributed by atoms with Crippen LogP contribution in [-0.4, -0.2) is 50.6 Å². The summed E-state index contributed by atoms with van der Waals surface area (Å²) in [5.74, 6) is 0.442. The SMILES string of the molecule is CS(=O)(=O)N1CCCC(CC(=O)CCC2CCCCO2)C1. The highest BCUT2D eigenvalue weighted by molar-refractivity contribution is 7.88. The Morgan fingerprint density at radius 1 is 1.24 bits per heavy atom.